The summed E-state index contributed by atoms with van der Waals surface area (Å²) >= 11 is 0. The van der Waals surface area contributed by atoms with Crippen LogP contribution < -0.4 is 10.5 Å². The average molecular weight is 284 g/mol. The predicted octanol–water partition coefficient (Wildman–Crippen LogP) is 3.02. The highest BCUT2D eigenvalue weighted by atomic mass is 32.2. The molecule has 0 heterocycles. The van der Waals surface area contributed by atoms with Gasteiger partial charge >= 0.3 is 0 Å². The number of anilines is 1. The average Bonchev–Trinajstić information content (AvgIpc) is 2.30. The van der Waals surface area contributed by atoms with Gasteiger partial charge in [-0.2, -0.15) is 0 Å². The first-order valence-corrected chi connectivity index (χ1v) is 8.29. The summed E-state index contributed by atoms with van der Waals surface area (Å²) in [7, 11) is -3.65. The van der Waals surface area contributed by atoms with Gasteiger partial charge in [-0.1, -0.05) is 32.3 Å². The topological polar surface area (TPSA) is 72.2 Å². The van der Waals surface area contributed by atoms with Crippen LogP contribution in [0.3, 0.4) is 0 Å². The SMILES string of the molecule is CCCCCC(C)Nc1cccc(S(N)(=O)=O)c1C. The lowest BCUT2D eigenvalue weighted by molar-refractivity contribution is 0.597. The van der Waals surface area contributed by atoms with Gasteiger partial charge in [-0.25, -0.2) is 13.6 Å². The van der Waals surface area contributed by atoms with Crippen molar-refractivity contribution in [1.82, 2.24) is 0 Å². The number of hydrogen-bond donors (Lipinski definition) is 2. The fraction of sp³-hybridized carbons (Fsp3) is 0.571. The Bertz CT molecular complexity index is 512. The molecular weight excluding hydrogens is 260 g/mol. The quantitative estimate of drug-likeness (QED) is 0.756. The lowest BCUT2D eigenvalue weighted by Crippen LogP contribution is -2.18. The zero-order chi connectivity index (χ0) is 14.5. The lowest BCUT2D eigenvalue weighted by atomic mass is 10.1. The van der Waals surface area contributed by atoms with E-state index in [0.29, 0.717) is 11.6 Å². The minimum atomic E-state index is -3.65. The van der Waals surface area contributed by atoms with Gasteiger partial charge in [0, 0.05) is 11.7 Å². The second-order valence-corrected chi connectivity index (χ2v) is 6.54. The van der Waals surface area contributed by atoms with Gasteiger partial charge in [-0.3, -0.25) is 0 Å². The Morgan fingerprint density at radius 2 is 2.00 bits per heavy atom. The van der Waals surface area contributed by atoms with E-state index >= 15 is 0 Å². The van der Waals surface area contributed by atoms with Gasteiger partial charge in [0.05, 0.1) is 4.90 Å². The normalized spacial score (nSPS) is 13.3. The molecule has 0 amide bonds. The second kappa shape index (κ2) is 6.91. The first-order chi connectivity index (χ1) is 8.86. The Kier molecular flexibility index (Phi) is 5.82. The molecular formula is C14H24N2O2S. The van der Waals surface area contributed by atoms with Gasteiger partial charge in [-0.15, -0.1) is 0 Å². The summed E-state index contributed by atoms with van der Waals surface area (Å²) in [6.45, 7) is 6.07. The molecule has 0 aliphatic carbocycles. The summed E-state index contributed by atoms with van der Waals surface area (Å²) in [4.78, 5) is 0.193. The number of unbranched alkanes of at least 4 members (excludes halogenated alkanes) is 2. The predicted molar refractivity (Wildman–Crippen MR) is 79.8 cm³/mol. The van der Waals surface area contributed by atoms with Crippen LogP contribution in [0.2, 0.25) is 0 Å². The smallest absolute Gasteiger partial charge is 0.238 e. The first-order valence-electron chi connectivity index (χ1n) is 6.75. The lowest BCUT2D eigenvalue weighted by Gasteiger charge is -2.18. The van der Waals surface area contributed by atoms with Gasteiger partial charge in [-0.05, 0) is 38.0 Å². The molecule has 19 heavy (non-hydrogen) atoms. The molecule has 3 N–H and O–H groups in total. The summed E-state index contributed by atoms with van der Waals surface area (Å²) in [6.07, 6.45) is 4.68. The molecule has 1 unspecified atom stereocenters. The van der Waals surface area contributed by atoms with Crippen molar-refractivity contribution in [3.8, 4) is 0 Å². The maximum atomic E-state index is 11.5. The number of nitrogens with two attached hydrogens (primary N) is 1. The van der Waals surface area contributed by atoms with Crippen LogP contribution in [-0.2, 0) is 10.0 Å². The summed E-state index contributed by atoms with van der Waals surface area (Å²) in [5.41, 5.74) is 1.53. The number of rotatable bonds is 7. The van der Waals surface area contributed by atoms with Crippen LogP contribution in [0.4, 0.5) is 5.69 Å². The Balaban J connectivity index is 2.80. The maximum absolute atomic E-state index is 11.5. The van der Waals surface area contributed by atoms with Gasteiger partial charge in [0.2, 0.25) is 10.0 Å². The molecule has 0 spiro atoms. The van der Waals surface area contributed by atoms with E-state index in [0.717, 1.165) is 12.1 Å². The molecule has 1 rings (SSSR count). The van der Waals surface area contributed by atoms with Crippen LogP contribution in [0, 0.1) is 6.92 Å². The maximum Gasteiger partial charge on any atom is 0.238 e. The molecule has 0 saturated carbocycles. The van der Waals surface area contributed by atoms with Crippen molar-refractivity contribution < 1.29 is 8.42 Å². The minimum Gasteiger partial charge on any atom is -0.382 e. The minimum absolute atomic E-state index is 0.193. The molecule has 1 aromatic rings. The molecule has 0 aliphatic rings. The highest BCUT2D eigenvalue weighted by molar-refractivity contribution is 7.89. The highest BCUT2D eigenvalue weighted by Gasteiger charge is 2.14. The van der Waals surface area contributed by atoms with E-state index in [-0.39, 0.29) is 4.90 Å². The third-order valence-corrected chi connectivity index (χ3v) is 4.29. The molecule has 0 fully saturated rings. The molecule has 0 saturated heterocycles. The van der Waals surface area contributed by atoms with E-state index in [9.17, 15) is 8.42 Å². The molecule has 0 radical (unpaired) electrons. The van der Waals surface area contributed by atoms with E-state index < -0.39 is 10.0 Å². The van der Waals surface area contributed by atoms with Gasteiger partial charge in [0.15, 0.2) is 0 Å². The number of sulfonamides is 1. The molecule has 0 aromatic heterocycles. The van der Waals surface area contributed by atoms with Crippen LogP contribution in [-0.4, -0.2) is 14.5 Å². The fourth-order valence-corrected chi connectivity index (χ4v) is 2.92. The van der Waals surface area contributed by atoms with Crippen molar-refractivity contribution in [2.24, 2.45) is 5.14 Å². The van der Waals surface area contributed by atoms with Crippen molar-refractivity contribution >= 4 is 15.7 Å². The molecule has 4 nitrogen and oxygen atoms in total. The Morgan fingerprint density at radius 1 is 1.32 bits per heavy atom. The third-order valence-electron chi connectivity index (χ3n) is 3.23. The molecule has 0 aliphatic heterocycles. The van der Waals surface area contributed by atoms with Crippen LogP contribution in [0.5, 0.6) is 0 Å². The molecule has 0 bridgehead atoms. The van der Waals surface area contributed by atoms with E-state index in [1.165, 1.54) is 25.3 Å². The van der Waals surface area contributed by atoms with Crippen LogP contribution in [0.25, 0.3) is 0 Å². The van der Waals surface area contributed by atoms with E-state index in [1.807, 2.05) is 6.07 Å². The van der Waals surface area contributed by atoms with E-state index in [2.05, 4.69) is 19.2 Å². The zero-order valence-electron chi connectivity index (χ0n) is 11.9. The Morgan fingerprint density at radius 3 is 2.58 bits per heavy atom. The van der Waals surface area contributed by atoms with Gasteiger partial charge in [0.1, 0.15) is 0 Å². The van der Waals surface area contributed by atoms with Gasteiger partial charge < -0.3 is 5.32 Å². The number of benzene rings is 1. The summed E-state index contributed by atoms with van der Waals surface area (Å²) < 4.78 is 22.9. The van der Waals surface area contributed by atoms with Crippen molar-refractivity contribution in [3.63, 3.8) is 0 Å². The van der Waals surface area contributed by atoms with E-state index in [1.54, 1.807) is 13.0 Å². The Hall–Kier alpha value is -1.07. The van der Waals surface area contributed by atoms with E-state index in [4.69, 9.17) is 5.14 Å². The van der Waals surface area contributed by atoms with Crippen molar-refractivity contribution in [2.45, 2.75) is 57.4 Å². The number of nitrogens with one attached hydrogen (secondary N) is 1. The monoisotopic (exact) mass is 284 g/mol. The summed E-state index contributed by atoms with van der Waals surface area (Å²) in [6, 6.07) is 5.46. The van der Waals surface area contributed by atoms with Crippen LogP contribution in [0.15, 0.2) is 23.1 Å². The number of primary sulfonamides is 1. The summed E-state index contributed by atoms with van der Waals surface area (Å²) in [5.74, 6) is 0. The van der Waals surface area contributed by atoms with Crippen LogP contribution >= 0.6 is 0 Å². The molecule has 1 aromatic carbocycles. The van der Waals surface area contributed by atoms with Crippen LogP contribution in [0.1, 0.15) is 45.1 Å². The molecule has 1 atom stereocenters. The molecule has 108 valence electrons. The third kappa shape index (κ3) is 4.84. The fourth-order valence-electron chi connectivity index (χ4n) is 2.12. The van der Waals surface area contributed by atoms with Crippen molar-refractivity contribution in [3.05, 3.63) is 23.8 Å². The van der Waals surface area contributed by atoms with Crippen molar-refractivity contribution in [1.29, 1.82) is 0 Å². The Labute approximate surface area is 116 Å². The zero-order valence-corrected chi connectivity index (χ0v) is 12.8. The summed E-state index contributed by atoms with van der Waals surface area (Å²) in [5, 5.41) is 8.56. The first kappa shape index (κ1) is 16.0. The second-order valence-electron chi connectivity index (χ2n) is 5.01. The highest BCUT2D eigenvalue weighted by Crippen LogP contribution is 2.23. The molecule has 5 heteroatoms. The number of hydrogen-bond acceptors (Lipinski definition) is 3. The largest absolute Gasteiger partial charge is 0.382 e. The standard InChI is InChI=1S/C14H24N2O2S/c1-4-5-6-8-11(2)16-13-9-7-10-14(12(13)3)19(15,17)18/h7,9-11,16H,4-6,8H2,1-3H3,(H2,15,17,18). The van der Waals surface area contributed by atoms with Crippen molar-refractivity contribution in [2.75, 3.05) is 5.32 Å². The van der Waals surface area contributed by atoms with Gasteiger partial charge in [0.25, 0.3) is 0 Å².